The summed E-state index contributed by atoms with van der Waals surface area (Å²) in [6, 6.07) is 6.58. The Balaban J connectivity index is 1.92. The van der Waals surface area contributed by atoms with E-state index < -0.39 is 10.0 Å². The van der Waals surface area contributed by atoms with Crippen LogP contribution in [0.15, 0.2) is 29.2 Å². The van der Waals surface area contributed by atoms with Gasteiger partial charge in [0.15, 0.2) is 0 Å². The number of hydrogen-bond donors (Lipinski definition) is 1. The molecule has 0 saturated heterocycles. The maximum absolute atomic E-state index is 12.6. The molecule has 0 spiro atoms. The van der Waals surface area contributed by atoms with E-state index >= 15 is 0 Å². The van der Waals surface area contributed by atoms with Crippen molar-refractivity contribution in [1.29, 1.82) is 0 Å². The minimum absolute atomic E-state index is 0.0900. The Morgan fingerprint density at radius 2 is 1.67 bits per heavy atom. The maximum atomic E-state index is 12.6. The predicted molar refractivity (Wildman–Crippen MR) is 108 cm³/mol. The van der Waals surface area contributed by atoms with E-state index in [0.29, 0.717) is 18.2 Å². The van der Waals surface area contributed by atoms with Crippen molar-refractivity contribution < 1.29 is 13.2 Å². The fourth-order valence-corrected chi connectivity index (χ4v) is 4.74. The number of sulfonamides is 1. The second-order valence-electron chi connectivity index (χ2n) is 7.80. The summed E-state index contributed by atoms with van der Waals surface area (Å²) in [5.41, 5.74) is 0.501. The number of likely N-dealkylation sites (N-methyl/N-ethyl adjacent to an activating group) is 2. The number of nitrogens with zero attached hydrogens (tertiary/aromatic N) is 2. The second kappa shape index (κ2) is 9.66. The van der Waals surface area contributed by atoms with Crippen LogP contribution < -0.4 is 4.72 Å². The molecule has 0 atom stereocenters. The molecular weight excluding hydrogens is 362 g/mol. The van der Waals surface area contributed by atoms with Crippen LogP contribution in [0.25, 0.3) is 0 Å². The third-order valence-corrected chi connectivity index (χ3v) is 6.81. The van der Waals surface area contributed by atoms with E-state index in [4.69, 9.17) is 0 Å². The van der Waals surface area contributed by atoms with Gasteiger partial charge in [-0.15, -0.1) is 0 Å². The lowest BCUT2D eigenvalue weighted by Crippen LogP contribution is -2.40. The molecule has 7 heteroatoms. The Morgan fingerprint density at radius 1 is 1.07 bits per heavy atom. The van der Waals surface area contributed by atoms with Crippen molar-refractivity contribution in [3.63, 3.8) is 0 Å². The Hall–Kier alpha value is -1.44. The third-order valence-electron chi connectivity index (χ3n) is 5.14. The third kappa shape index (κ3) is 6.30. The fourth-order valence-electron chi connectivity index (χ4n) is 3.49. The van der Waals surface area contributed by atoms with Crippen LogP contribution in [0.2, 0.25) is 0 Å². The van der Waals surface area contributed by atoms with E-state index in [1.54, 1.807) is 37.9 Å². The maximum Gasteiger partial charge on any atom is 0.253 e. The zero-order chi connectivity index (χ0) is 20.0. The van der Waals surface area contributed by atoms with Gasteiger partial charge in [0, 0.05) is 37.8 Å². The number of amides is 1. The highest BCUT2D eigenvalue weighted by Gasteiger charge is 2.20. The Bertz CT molecular complexity index is 710. The molecule has 1 aliphatic rings. The molecule has 0 bridgehead atoms. The first-order valence-corrected chi connectivity index (χ1v) is 11.3. The van der Waals surface area contributed by atoms with Gasteiger partial charge in [0.25, 0.3) is 5.91 Å². The van der Waals surface area contributed by atoms with Gasteiger partial charge in [0.1, 0.15) is 0 Å². The molecular formula is C20H33N3O3S. The minimum atomic E-state index is -3.54. The van der Waals surface area contributed by atoms with Gasteiger partial charge < -0.3 is 9.80 Å². The van der Waals surface area contributed by atoms with E-state index in [9.17, 15) is 13.2 Å². The molecule has 1 saturated carbocycles. The van der Waals surface area contributed by atoms with Crippen LogP contribution >= 0.6 is 0 Å². The zero-order valence-electron chi connectivity index (χ0n) is 16.9. The normalized spacial score (nSPS) is 16.1. The number of hydrogen-bond acceptors (Lipinski definition) is 4. The van der Waals surface area contributed by atoms with E-state index in [2.05, 4.69) is 16.7 Å². The number of benzene rings is 1. The van der Waals surface area contributed by atoms with Crippen LogP contribution in [-0.4, -0.2) is 63.4 Å². The molecule has 27 heavy (non-hydrogen) atoms. The van der Waals surface area contributed by atoms with Gasteiger partial charge in [-0.2, -0.15) is 0 Å². The molecule has 6 nitrogen and oxygen atoms in total. The summed E-state index contributed by atoms with van der Waals surface area (Å²) in [6.07, 6.45) is 6.42. The summed E-state index contributed by atoms with van der Waals surface area (Å²) < 4.78 is 26.9. The molecule has 0 aliphatic heterocycles. The van der Waals surface area contributed by atoms with Gasteiger partial charge in [0.05, 0.1) is 4.90 Å². The van der Waals surface area contributed by atoms with Crippen molar-refractivity contribution in [3.05, 3.63) is 29.8 Å². The number of nitrogens with one attached hydrogen (secondary N) is 1. The van der Waals surface area contributed by atoms with Crippen LogP contribution in [0.1, 0.15) is 56.3 Å². The van der Waals surface area contributed by atoms with Crippen molar-refractivity contribution in [3.8, 4) is 0 Å². The molecule has 1 fully saturated rings. The Labute approximate surface area is 164 Å². The SMILES string of the molecule is CC(C)NS(=O)(=O)c1ccc(C(=O)N(C)CCN(C)C2CCCCC2)cc1. The summed E-state index contributed by atoms with van der Waals surface area (Å²) >= 11 is 0. The molecule has 0 aromatic heterocycles. The monoisotopic (exact) mass is 395 g/mol. The van der Waals surface area contributed by atoms with Crippen LogP contribution in [0.5, 0.6) is 0 Å². The predicted octanol–water partition coefficient (Wildman–Crippen LogP) is 2.71. The summed E-state index contributed by atoms with van der Waals surface area (Å²) in [4.78, 5) is 16.8. The molecule has 1 aromatic rings. The summed E-state index contributed by atoms with van der Waals surface area (Å²) in [5, 5.41) is 0. The lowest BCUT2D eigenvalue weighted by atomic mass is 9.94. The number of carbonyl (C=O) groups excluding carboxylic acids is 1. The molecule has 0 radical (unpaired) electrons. The Kier molecular flexibility index (Phi) is 7.82. The highest BCUT2D eigenvalue weighted by Crippen LogP contribution is 2.21. The molecule has 1 aliphatic carbocycles. The van der Waals surface area contributed by atoms with Gasteiger partial charge in [0.2, 0.25) is 10.0 Å². The minimum Gasteiger partial charge on any atom is -0.340 e. The molecule has 2 rings (SSSR count). The molecule has 0 unspecified atom stereocenters. The molecule has 1 amide bonds. The standard InChI is InChI=1S/C20H33N3O3S/c1-16(2)21-27(25,26)19-12-10-17(11-13-19)20(24)23(4)15-14-22(3)18-8-6-5-7-9-18/h10-13,16,18,21H,5-9,14-15H2,1-4H3. The van der Waals surface area contributed by atoms with Crippen LogP contribution in [0.3, 0.4) is 0 Å². The first-order chi connectivity index (χ1) is 12.7. The molecule has 0 heterocycles. The topological polar surface area (TPSA) is 69.7 Å². The van der Waals surface area contributed by atoms with E-state index in [1.165, 1.54) is 44.2 Å². The van der Waals surface area contributed by atoms with Gasteiger partial charge in [-0.05, 0) is 58.0 Å². The smallest absolute Gasteiger partial charge is 0.253 e. The second-order valence-corrected chi connectivity index (χ2v) is 9.51. The van der Waals surface area contributed by atoms with Gasteiger partial charge >= 0.3 is 0 Å². The van der Waals surface area contributed by atoms with Crippen LogP contribution in [0, 0.1) is 0 Å². The largest absolute Gasteiger partial charge is 0.340 e. The lowest BCUT2D eigenvalue weighted by Gasteiger charge is -2.32. The molecule has 1 aromatic carbocycles. The van der Waals surface area contributed by atoms with Gasteiger partial charge in [-0.3, -0.25) is 4.79 Å². The Morgan fingerprint density at radius 3 is 2.22 bits per heavy atom. The van der Waals surface area contributed by atoms with Crippen molar-refractivity contribution in [1.82, 2.24) is 14.5 Å². The van der Waals surface area contributed by atoms with Gasteiger partial charge in [-0.1, -0.05) is 19.3 Å². The van der Waals surface area contributed by atoms with E-state index in [-0.39, 0.29) is 16.8 Å². The lowest BCUT2D eigenvalue weighted by molar-refractivity contribution is 0.0767. The number of rotatable bonds is 8. The quantitative estimate of drug-likeness (QED) is 0.735. The fraction of sp³-hybridized carbons (Fsp3) is 0.650. The summed E-state index contributed by atoms with van der Waals surface area (Å²) in [6.45, 7) is 5.04. The van der Waals surface area contributed by atoms with Crippen molar-refractivity contribution in [2.45, 2.75) is 62.9 Å². The van der Waals surface area contributed by atoms with E-state index in [1.807, 2.05) is 0 Å². The van der Waals surface area contributed by atoms with Crippen LogP contribution in [0.4, 0.5) is 0 Å². The average Bonchev–Trinajstić information content (AvgIpc) is 2.65. The first kappa shape index (κ1) is 21.9. The van der Waals surface area contributed by atoms with Crippen molar-refractivity contribution in [2.75, 3.05) is 27.2 Å². The first-order valence-electron chi connectivity index (χ1n) is 9.79. The van der Waals surface area contributed by atoms with Gasteiger partial charge in [-0.25, -0.2) is 13.1 Å². The highest BCUT2D eigenvalue weighted by molar-refractivity contribution is 7.89. The summed E-state index contributed by atoms with van der Waals surface area (Å²) in [5.74, 6) is -0.0900. The van der Waals surface area contributed by atoms with Crippen LogP contribution in [-0.2, 0) is 10.0 Å². The molecule has 1 N–H and O–H groups in total. The number of carbonyl (C=O) groups is 1. The zero-order valence-corrected chi connectivity index (χ0v) is 17.8. The van der Waals surface area contributed by atoms with Crippen molar-refractivity contribution in [2.24, 2.45) is 0 Å². The molecule has 152 valence electrons. The van der Waals surface area contributed by atoms with E-state index in [0.717, 1.165) is 6.54 Å². The average molecular weight is 396 g/mol. The highest BCUT2D eigenvalue weighted by atomic mass is 32.2. The van der Waals surface area contributed by atoms with Crippen molar-refractivity contribution >= 4 is 15.9 Å². The summed E-state index contributed by atoms with van der Waals surface area (Å²) in [7, 11) is 0.391.